The predicted octanol–water partition coefficient (Wildman–Crippen LogP) is 3.85. The fourth-order valence-corrected chi connectivity index (χ4v) is 5.22. The first-order valence-electron chi connectivity index (χ1n) is 11.9. The van der Waals surface area contributed by atoms with E-state index in [-0.39, 0.29) is 17.7 Å². The van der Waals surface area contributed by atoms with E-state index in [4.69, 9.17) is 4.74 Å². The number of Topliss-reactive ketones (excluding diaryl/α,β-unsaturated/α-hetero) is 1. The molecule has 1 saturated carbocycles. The average Bonchev–Trinajstić information content (AvgIpc) is 2.91. The van der Waals surface area contributed by atoms with Crippen molar-refractivity contribution in [3.8, 4) is 0 Å². The second kappa shape index (κ2) is 10.7. The van der Waals surface area contributed by atoms with Crippen LogP contribution in [0.25, 0.3) is 0 Å². The number of ketones is 1. The summed E-state index contributed by atoms with van der Waals surface area (Å²) < 4.78 is 5.55. The normalized spacial score (nSPS) is 28.4. The van der Waals surface area contributed by atoms with Crippen LogP contribution in [0.2, 0.25) is 0 Å². The van der Waals surface area contributed by atoms with Crippen LogP contribution in [0.1, 0.15) is 58.8 Å². The molecule has 3 atom stereocenters. The minimum atomic E-state index is -0.243. The van der Waals surface area contributed by atoms with Crippen molar-refractivity contribution in [2.24, 2.45) is 17.8 Å². The number of hydrogen-bond acceptors (Lipinski definition) is 5. The molecule has 5 nitrogen and oxygen atoms in total. The lowest BCUT2D eigenvalue weighted by Crippen LogP contribution is -2.44. The second-order valence-electron chi connectivity index (χ2n) is 9.71. The summed E-state index contributed by atoms with van der Waals surface area (Å²) in [4.78, 5) is 29.6. The second-order valence-corrected chi connectivity index (χ2v) is 9.71. The van der Waals surface area contributed by atoms with E-state index in [2.05, 4.69) is 30.4 Å². The molecule has 168 valence electrons. The van der Waals surface area contributed by atoms with Crippen LogP contribution in [0.3, 0.4) is 0 Å². The van der Waals surface area contributed by atoms with Gasteiger partial charge in [-0.3, -0.25) is 4.79 Å². The summed E-state index contributed by atoms with van der Waals surface area (Å²) >= 11 is 0. The number of allylic oxidation sites excluding steroid dienone is 2. The van der Waals surface area contributed by atoms with Crippen LogP contribution >= 0.6 is 0 Å². The zero-order valence-electron chi connectivity index (χ0n) is 19.3. The maximum atomic E-state index is 12.6. The van der Waals surface area contributed by atoms with Gasteiger partial charge in [-0.05, 0) is 82.4 Å². The van der Waals surface area contributed by atoms with E-state index >= 15 is 0 Å². The van der Waals surface area contributed by atoms with Crippen LogP contribution < -0.4 is 0 Å². The molecule has 0 aromatic rings. The van der Waals surface area contributed by atoms with Crippen LogP contribution in [-0.4, -0.2) is 67.9 Å². The number of carbonyl (C=O) groups is 2. The van der Waals surface area contributed by atoms with Crippen molar-refractivity contribution in [3.63, 3.8) is 0 Å². The molecule has 0 bridgehead atoms. The molecule has 3 rings (SSSR count). The number of rotatable bonds is 8. The Labute approximate surface area is 182 Å². The maximum Gasteiger partial charge on any atom is 0.333 e. The largest absolute Gasteiger partial charge is 0.462 e. The van der Waals surface area contributed by atoms with E-state index in [0.29, 0.717) is 30.4 Å². The third-order valence-corrected chi connectivity index (χ3v) is 7.58. The number of likely N-dealkylation sites (N-methyl/N-ethyl adjacent to an activating group) is 1. The molecule has 0 aromatic heterocycles. The van der Waals surface area contributed by atoms with E-state index in [1.807, 2.05) is 6.92 Å². The SMILES string of the molecule is C=C(C(=O)OCCCCCN1CCN(C)CC1)[C@@H]1CC[C@H](C)[C@@H]2CC(=O)C(C)=C2C1. The number of fused-ring (bicyclic) bond motifs is 1. The van der Waals surface area contributed by atoms with Gasteiger partial charge >= 0.3 is 5.97 Å². The highest BCUT2D eigenvalue weighted by Crippen LogP contribution is 2.45. The molecule has 5 heteroatoms. The van der Waals surface area contributed by atoms with Gasteiger partial charge in [-0.15, -0.1) is 0 Å². The summed E-state index contributed by atoms with van der Waals surface area (Å²) in [7, 11) is 2.18. The van der Waals surface area contributed by atoms with E-state index in [1.165, 1.54) is 5.57 Å². The van der Waals surface area contributed by atoms with Crippen LogP contribution in [0.5, 0.6) is 0 Å². The number of nitrogens with zero attached hydrogens (tertiary/aromatic N) is 2. The average molecular weight is 417 g/mol. The van der Waals surface area contributed by atoms with E-state index in [0.717, 1.165) is 76.8 Å². The Morgan fingerprint density at radius 2 is 1.83 bits per heavy atom. The molecule has 2 aliphatic carbocycles. The smallest absolute Gasteiger partial charge is 0.333 e. The summed E-state index contributed by atoms with van der Waals surface area (Å²) in [6.45, 7) is 14.5. The fraction of sp³-hybridized carbons (Fsp3) is 0.760. The Kier molecular flexibility index (Phi) is 8.29. The summed E-state index contributed by atoms with van der Waals surface area (Å²) in [6.07, 6.45) is 6.61. The first-order chi connectivity index (χ1) is 14.4. The van der Waals surface area contributed by atoms with Gasteiger partial charge in [0.2, 0.25) is 0 Å². The summed E-state index contributed by atoms with van der Waals surface area (Å²) in [5.41, 5.74) is 2.80. The molecular formula is C25H40N2O3. The number of hydrogen-bond donors (Lipinski definition) is 0. The lowest BCUT2D eigenvalue weighted by Gasteiger charge is -2.32. The van der Waals surface area contributed by atoms with Crippen molar-refractivity contribution >= 4 is 11.8 Å². The molecule has 1 heterocycles. The van der Waals surface area contributed by atoms with Crippen molar-refractivity contribution in [2.45, 2.75) is 58.8 Å². The van der Waals surface area contributed by atoms with Crippen molar-refractivity contribution < 1.29 is 14.3 Å². The van der Waals surface area contributed by atoms with Crippen LogP contribution in [0, 0.1) is 17.8 Å². The molecule has 1 saturated heterocycles. The maximum absolute atomic E-state index is 12.6. The third kappa shape index (κ3) is 5.82. The van der Waals surface area contributed by atoms with Gasteiger partial charge in [-0.1, -0.05) is 19.1 Å². The van der Waals surface area contributed by atoms with Crippen LogP contribution in [-0.2, 0) is 14.3 Å². The van der Waals surface area contributed by atoms with E-state index in [9.17, 15) is 9.59 Å². The fourth-order valence-electron chi connectivity index (χ4n) is 5.22. The van der Waals surface area contributed by atoms with Crippen molar-refractivity contribution in [3.05, 3.63) is 23.3 Å². The minimum absolute atomic E-state index is 0.109. The topological polar surface area (TPSA) is 49.9 Å². The monoisotopic (exact) mass is 416 g/mol. The van der Waals surface area contributed by atoms with Crippen LogP contribution in [0.15, 0.2) is 23.3 Å². The van der Waals surface area contributed by atoms with Gasteiger partial charge < -0.3 is 14.5 Å². The number of esters is 1. The highest BCUT2D eigenvalue weighted by Gasteiger charge is 2.38. The molecule has 3 aliphatic rings. The first-order valence-corrected chi connectivity index (χ1v) is 11.9. The number of piperazine rings is 1. The number of carbonyl (C=O) groups excluding carboxylic acids is 2. The number of ether oxygens (including phenoxy) is 1. The summed E-state index contributed by atoms with van der Waals surface area (Å²) in [5.74, 6) is 1.01. The highest BCUT2D eigenvalue weighted by molar-refractivity contribution is 5.98. The quantitative estimate of drug-likeness (QED) is 0.342. The third-order valence-electron chi connectivity index (χ3n) is 7.58. The minimum Gasteiger partial charge on any atom is -0.462 e. The summed E-state index contributed by atoms with van der Waals surface area (Å²) in [6, 6.07) is 0. The molecular weight excluding hydrogens is 376 g/mol. The van der Waals surface area contributed by atoms with Gasteiger partial charge in [-0.25, -0.2) is 4.79 Å². The number of unbranched alkanes of at least 4 members (excludes halogenated alkanes) is 2. The highest BCUT2D eigenvalue weighted by atomic mass is 16.5. The van der Waals surface area contributed by atoms with Crippen molar-refractivity contribution in [2.75, 3.05) is 46.4 Å². The molecule has 0 amide bonds. The molecule has 1 aliphatic heterocycles. The van der Waals surface area contributed by atoms with Crippen molar-refractivity contribution in [1.82, 2.24) is 9.80 Å². The zero-order valence-corrected chi connectivity index (χ0v) is 19.3. The Morgan fingerprint density at radius 1 is 1.10 bits per heavy atom. The molecule has 0 aromatic carbocycles. The van der Waals surface area contributed by atoms with Gasteiger partial charge in [-0.2, -0.15) is 0 Å². The molecule has 0 unspecified atom stereocenters. The molecule has 0 N–H and O–H groups in total. The van der Waals surface area contributed by atoms with Gasteiger partial charge in [0.15, 0.2) is 5.78 Å². The van der Waals surface area contributed by atoms with Crippen molar-refractivity contribution in [1.29, 1.82) is 0 Å². The molecule has 0 spiro atoms. The molecule has 0 radical (unpaired) electrons. The Hall–Kier alpha value is -1.46. The zero-order chi connectivity index (χ0) is 21.7. The Balaban J connectivity index is 1.37. The lowest BCUT2D eigenvalue weighted by molar-refractivity contribution is -0.139. The molecule has 2 fully saturated rings. The van der Waals surface area contributed by atoms with E-state index in [1.54, 1.807) is 0 Å². The first kappa shape index (κ1) is 23.2. The lowest BCUT2D eigenvalue weighted by atomic mass is 9.86. The van der Waals surface area contributed by atoms with Gasteiger partial charge in [0.05, 0.1) is 6.61 Å². The van der Waals surface area contributed by atoms with E-state index < -0.39 is 0 Å². The Morgan fingerprint density at radius 3 is 2.57 bits per heavy atom. The van der Waals surface area contributed by atoms with Crippen LogP contribution in [0.4, 0.5) is 0 Å². The summed E-state index contributed by atoms with van der Waals surface area (Å²) in [5, 5.41) is 0. The Bertz CT molecular complexity index is 676. The predicted molar refractivity (Wildman–Crippen MR) is 120 cm³/mol. The van der Waals surface area contributed by atoms with Gasteiger partial charge in [0.25, 0.3) is 0 Å². The van der Waals surface area contributed by atoms with Gasteiger partial charge in [0.1, 0.15) is 0 Å². The van der Waals surface area contributed by atoms with Gasteiger partial charge in [0, 0.05) is 38.2 Å². The molecule has 30 heavy (non-hydrogen) atoms. The standard InChI is InChI=1S/C25H40N2O3/c1-18-8-9-21(16-23-20(3)24(28)17-22(18)23)19(2)25(29)30-15-7-5-6-10-27-13-11-26(4)12-14-27/h18,21-22H,2,5-17H2,1,3-4H3/t18-,21+,22-/m0/s1.